The molecule has 0 aliphatic rings. The van der Waals surface area contributed by atoms with Gasteiger partial charge in [-0.25, -0.2) is 5.01 Å². The van der Waals surface area contributed by atoms with Crippen molar-refractivity contribution in [2.24, 2.45) is 5.10 Å². The highest BCUT2D eigenvalue weighted by molar-refractivity contribution is 5.86. The molecule has 0 aliphatic heterocycles. The zero-order chi connectivity index (χ0) is 7.98. The van der Waals surface area contributed by atoms with Gasteiger partial charge in [0.15, 0.2) is 0 Å². The SMILES string of the molecule is C=CC(=O)N(CCC)N=C. The first-order valence-electron chi connectivity index (χ1n) is 3.16. The first-order valence-corrected chi connectivity index (χ1v) is 3.16. The van der Waals surface area contributed by atoms with Gasteiger partial charge in [-0.15, -0.1) is 0 Å². The minimum absolute atomic E-state index is 0.197. The summed E-state index contributed by atoms with van der Waals surface area (Å²) in [5.41, 5.74) is 0. The molecule has 0 aromatic carbocycles. The van der Waals surface area contributed by atoms with E-state index in [0.717, 1.165) is 6.42 Å². The molecule has 0 unspecified atom stereocenters. The molecule has 0 aliphatic carbocycles. The monoisotopic (exact) mass is 140 g/mol. The topological polar surface area (TPSA) is 32.7 Å². The maximum absolute atomic E-state index is 10.8. The number of hydrazone groups is 1. The molecule has 0 rings (SSSR count). The number of hydrogen-bond acceptors (Lipinski definition) is 2. The second-order valence-electron chi connectivity index (χ2n) is 1.81. The van der Waals surface area contributed by atoms with Gasteiger partial charge in [0.2, 0.25) is 0 Å². The largest absolute Gasteiger partial charge is 0.268 e. The Balaban J connectivity index is 3.91. The smallest absolute Gasteiger partial charge is 0.266 e. The van der Waals surface area contributed by atoms with Gasteiger partial charge in [-0.1, -0.05) is 13.5 Å². The standard InChI is InChI=1S/C7H12N2O/c1-4-6-9(8-3)7(10)5-2/h5H,2-4,6H2,1H3. The first-order chi connectivity index (χ1) is 4.76. The molecule has 0 N–H and O–H groups in total. The molecule has 3 nitrogen and oxygen atoms in total. The lowest BCUT2D eigenvalue weighted by molar-refractivity contribution is -0.126. The number of amides is 1. The Morgan fingerprint density at radius 3 is 2.70 bits per heavy atom. The number of carbonyl (C=O) groups excluding carboxylic acids is 1. The van der Waals surface area contributed by atoms with Crippen LogP contribution in [0, 0.1) is 0 Å². The summed E-state index contributed by atoms with van der Waals surface area (Å²) in [5.74, 6) is -0.197. The maximum atomic E-state index is 10.8. The van der Waals surface area contributed by atoms with Crippen LogP contribution < -0.4 is 0 Å². The van der Waals surface area contributed by atoms with E-state index >= 15 is 0 Å². The van der Waals surface area contributed by atoms with E-state index < -0.39 is 0 Å². The number of hydrogen-bond donors (Lipinski definition) is 0. The highest BCUT2D eigenvalue weighted by Crippen LogP contribution is 1.92. The molecule has 0 saturated carbocycles. The number of carbonyl (C=O) groups is 1. The molecule has 0 aromatic rings. The fourth-order valence-electron chi connectivity index (χ4n) is 0.568. The van der Waals surface area contributed by atoms with Crippen molar-refractivity contribution in [1.29, 1.82) is 0 Å². The Bertz CT molecular complexity index is 143. The molecule has 0 fully saturated rings. The van der Waals surface area contributed by atoms with Crippen LogP contribution in [0.15, 0.2) is 17.8 Å². The van der Waals surface area contributed by atoms with E-state index in [9.17, 15) is 4.79 Å². The van der Waals surface area contributed by atoms with E-state index in [2.05, 4.69) is 18.4 Å². The van der Waals surface area contributed by atoms with Crippen LogP contribution in [-0.4, -0.2) is 24.2 Å². The van der Waals surface area contributed by atoms with Crippen LogP contribution in [-0.2, 0) is 4.79 Å². The van der Waals surface area contributed by atoms with Crippen molar-refractivity contribution in [2.45, 2.75) is 13.3 Å². The van der Waals surface area contributed by atoms with Crippen LogP contribution in [0.25, 0.3) is 0 Å². The number of rotatable bonds is 4. The summed E-state index contributed by atoms with van der Waals surface area (Å²) in [5, 5.41) is 4.80. The van der Waals surface area contributed by atoms with Crippen molar-refractivity contribution < 1.29 is 4.79 Å². The molecule has 0 spiro atoms. The summed E-state index contributed by atoms with van der Waals surface area (Å²) in [6.45, 7) is 9.16. The summed E-state index contributed by atoms with van der Waals surface area (Å²) in [7, 11) is 0. The molecule has 0 aromatic heterocycles. The van der Waals surface area contributed by atoms with Gasteiger partial charge in [0.1, 0.15) is 0 Å². The van der Waals surface area contributed by atoms with Crippen molar-refractivity contribution >= 4 is 12.6 Å². The predicted octanol–water partition coefficient (Wildman–Crippen LogP) is 1.03. The van der Waals surface area contributed by atoms with Crippen LogP contribution in [0.3, 0.4) is 0 Å². The quantitative estimate of drug-likeness (QED) is 0.326. The van der Waals surface area contributed by atoms with E-state index in [0.29, 0.717) is 6.54 Å². The molecule has 1 amide bonds. The number of nitrogens with zero attached hydrogens (tertiary/aromatic N) is 2. The van der Waals surface area contributed by atoms with Gasteiger partial charge >= 0.3 is 0 Å². The Labute approximate surface area is 61.0 Å². The van der Waals surface area contributed by atoms with Crippen molar-refractivity contribution in [3.63, 3.8) is 0 Å². The lowest BCUT2D eigenvalue weighted by atomic mass is 10.4. The fourth-order valence-corrected chi connectivity index (χ4v) is 0.568. The molecule has 56 valence electrons. The second kappa shape index (κ2) is 4.73. The molecule has 0 radical (unpaired) electrons. The molecule has 0 bridgehead atoms. The highest BCUT2D eigenvalue weighted by atomic mass is 16.2. The Hall–Kier alpha value is -1.12. The second-order valence-corrected chi connectivity index (χ2v) is 1.81. The molecular formula is C7H12N2O. The summed E-state index contributed by atoms with van der Waals surface area (Å²) < 4.78 is 0. The van der Waals surface area contributed by atoms with E-state index in [1.165, 1.54) is 11.1 Å². The van der Waals surface area contributed by atoms with Gasteiger partial charge in [-0.05, 0) is 12.5 Å². The minimum Gasteiger partial charge on any atom is -0.268 e. The Morgan fingerprint density at radius 2 is 2.40 bits per heavy atom. The zero-order valence-corrected chi connectivity index (χ0v) is 6.21. The normalized spacial score (nSPS) is 8.50. The van der Waals surface area contributed by atoms with E-state index in [-0.39, 0.29) is 5.91 Å². The van der Waals surface area contributed by atoms with Gasteiger partial charge in [0.05, 0.1) is 0 Å². The van der Waals surface area contributed by atoms with Gasteiger partial charge in [0.25, 0.3) is 5.91 Å². The van der Waals surface area contributed by atoms with Gasteiger partial charge < -0.3 is 0 Å². The lowest BCUT2D eigenvalue weighted by Gasteiger charge is -2.11. The van der Waals surface area contributed by atoms with Crippen LogP contribution in [0.5, 0.6) is 0 Å². The molecule has 0 heterocycles. The minimum atomic E-state index is -0.197. The molecular weight excluding hydrogens is 128 g/mol. The van der Waals surface area contributed by atoms with Crippen molar-refractivity contribution in [2.75, 3.05) is 6.54 Å². The van der Waals surface area contributed by atoms with Crippen molar-refractivity contribution in [1.82, 2.24) is 5.01 Å². The van der Waals surface area contributed by atoms with Gasteiger partial charge in [-0.3, -0.25) is 4.79 Å². The lowest BCUT2D eigenvalue weighted by Crippen LogP contribution is -2.23. The highest BCUT2D eigenvalue weighted by Gasteiger charge is 2.03. The average molecular weight is 140 g/mol. The summed E-state index contributed by atoms with van der Waals surface area (Å²) in [4.78, 5) is 10.8. The third-order valence-corrected chi connectivity index (χ3v) is 1.04. The third-order valence-electron chi connectivity index (χ3n) is 1.04. The van der Waals surface area contributed by atoms with Crippen LogP contribution in [0.2, 0.25) is 0 Å². The van der Waals surface area contributed by atoms with E-state index in [1.807, 2.05) is 6.92 Å². The van der Waals surface area contributed by atoms with Crippen molar-refractivity contribution in [3.8, 4) is 0 Å². The van der Waals surface area contributed by atoms with E-state index in [4.69, 9.17) is 0 Å². The van der Waals surface area contributed by atoms with Crippen LogP contribution in [0.1, 0.15) is 13.3 Å². The first kappa shape index (κ1) is 8.88. The zero-order valence-electron chi connectivity index (χ0n) is 6.21. The van der Waals surface area contributed by atoms with E-state index in [1.54, 1.807) is 0 Å². The van der Waals surface area contributed by atoms with Gasteiger partial charge in [-0.2, -0.15) is 5.10 Å². The maximum Gasteiger partial charge on any atom is 0.266 e. The van der Waals surface area contributed by atoms with Crippen LogP contribution in [0.4, 0.5) is 0 Å². The molecule has 0 saturated heterocycles. The summed E-state index contributed by atoms with van der Waals surface area (Å²) in [6, 6.07) is 0. The molecule has 10 heavy (non-hydrogen) atoms. The van der Waals surface area contributed by atoms with Gasteiger partial charge in [0, 0.05) is 13.3 Å². The van der Waals surface area contributed by atoms with Crippen molar-refractivity contribution in [3.05, 3.63) is 12.7 Å². The Kier molecular flexibility index (Phi) is 4.20. The Morgan fingerprint density at radius 1 is 1.80 bits per heavy atom. The summed E-state index contributed by atoms with van der Waals surface area (Å²) >= 11 is 0. The molecule has 0 atom stereocenters. The average Bonchev–Trinajstić information content (AvgIpc) is 1.99. The molecule has 3 heteroatoms. The third kappa shape index (κ3) is 2.44. The van der Waals surface area contributed by atoms with Crippen LogP contribution >= 0.6 is 0 Å². The predicted molar refractivity (Wildman–Crippen MR) is 41.8 cm³/mol. The fraction of sp³-hybridized carbons (Fsp3) is 0.429. The summed E-state index contributed by atoms with van der Waals surface area (Å²) in [6.07, 6.45) is 2.10.